The highest BCUT2D eigenvalue weighted by Crippen LogP contribution is 2.67. The van der Waals surface area contributed by atoms with Gasteiger partial charge in [0.1, 0.15) is 6.10 Å². The van der Waals surface area contributed by atoms with Crippen molar-refractivity contribution in [2.45, 2.75) is 111 Å². The third-order valence-electron chi connectivity index (χ3n) is 11.9. The summed E-state index contributed by atoms with van der Waals surface area (Å²) >= 11 is 0. The summed E-state index contributed by atoms with van der Waals surface area (Å²) < 4.78 is 5.95. The van der Waals surface area contributed by atoms with E-state index in [1.165, 1.54) is 81.2 Å². The molecule has 0 radical (unpaired) electrons. The number of benzene rings is 1. The van der Waals surface area contributed by atoms with Gasteiger partial charge in [0.05, 0.1) is 11.3 Å². The van der Waals surface area contributed by atoms with Crippen molar-refractivity contribution in [1.29, 1.82) is 0 Å². The number of carbonyl (C=O) groups excluding carboxylic acids is 1. The van der Waals surface area contributed by atoms with Crippen molar-refractivity contribution < 1.29 is 14.7 Å². The third-order valence-corrected chi connectivity index (χ3v) is 11.9. The van der Waals surface area contributed by atoms with Crippen LogP contribution in [-0.2, 0) is 4.74 Å². The molecule has 39 heavy (non-hydrogen) atoms. The van der Waals surface area contributed by atoms with Gasteiger partial charge in [0.25, 0.3) is 0 Å². The highest BCUT2D eigenvalue weighted by molar-refractivity contribution is 5.90. The zero-order valence-electron chi connectivity index (χ0n) is 24.8. The molecule has 0 aromatic heterocycles. The Morgan fingerprint density at radius 1 is 1.05 bits per heavy atom. The molecule has 0 heterocycles. The second-order valence-corrected chi connectivity index (χ2v) is 14.4. The Morgan fingerprint density at radius 2 is 1.79 bits per heavy atom. The van der Waals surface area contributed by atoms with Gasteiger partial charge in [-0.05, 0) is 116 Å². The number of carbonyl (C=O) groups is 1. The first-order valence-electron chi connectivity index (χ1n) is 15.7. The average molecular weight is 537 g/mol. The van der Waals surface area contributed by atoms with Crippen LogP contribution in [0, 0.1) is 51.5 Å². The summed E-state index contributed by atoms with van der Waals surface area (Å²) in [6.45, 7) is 12.4. The molecule has 8 atom stereocenters. The zero-order valence-corrected chi connectivity index (χ0v) is 24.8. The molecule has 0 bridgehead atoms. The van der Waals surface area contributed by atoms with Crippen molar-refractivity contribution in [2.24, 2.45) is 46.3 Å². The van der Waals surface area contributed by atoms with Crippen LogP contribution in [0.25, 0.3) is 0 Å². The lowest BCUT2D eigenvalue weighted by Crippen LogP contribution is -2.51. The van der Waals surface area contributed by atoms with Crippen molar-refractivity contribution in [2.75, 3.05) is 5.23 Å². The number of hydrogen-bond acceptors (Lipinski definition) is 5. The summed E-state index contributed by atoms with van der Waals surface area (Å²) in [6.07, 6.45) is 16.2. The Balaban J connectivity index is 1.23. The van der Waals surface area contributed by atoms with Gasteiger partial charge >= 0.3 is 5.97 Å². The van der Waals surface area contributed by atoms with E-state index >= 15 is 0 Å². The molecule has 0 unspecified atom stereocenters. The van der Waals surface area contributed by atoms with Gasteiger partial charge in [0.15, 0.2) is 0 Å². The Hall–Kier alpha value is -1.85. The van der Waals surface area contributed by atoms with Crippen LogP contribution >= 0.6 is 0 Å². The van der Waals surface area contributed by atoms with Crippen molar-refractivity contribution in [1.82, 2.24) is 0 Å². The molecule has 5 rings (SSSR count). The molecular weight excluding hydrogens is 486 g/mol. The standard InChI is InChI=1S/C34H50NO4/c1-22(2)7-6-8-23(3)29-15-16-30-28-14-11-25-21-27(17-19-33(25,4)31(28)18-20-34(29,30)5)39-32(36)24-9-12-26(13-10-24)35(37)38/h9-13,22-23,27-31,37H,6-8,14-21H2,1-5H3/q-1/t23-,27+,28-,29+,30-,31-,33+,34-/m1/s1. The molecule has 4 aliphatic carbocycles. The SMILES string of the molecule is CC(C)CCC[C@@H](C)[C@@H]1CC[C@@H]2[C@H]3CC=C4C[C@@H](OC(=O)c5ccc(N([O-])O)cc5)CC[C@]4(C)[C@@H]3CC[C@@]21C. The van der Waals surface area contributed by atoms with Crippen molar-refractivity contribution in [3.63, 3.8) is 0 Å². The largest absolute Gasteiger partial charge is 0.733 e. The summed E-state index contributed by atoms with van der Waals surface area (Å²) in [5, 5.41) is 19.9. The maximum Gasteiger partial charge on any atom is 0.338 e. The Kier molecular flexibility index (Phi) is 8.23. The summed E-state index contributed by atoms with van der Waals surface area (Å²) in [4.78, 5) is 12.8. The van der Waals surface area contributed by atoms with E-state index in [1.807, 2.05) is 0 Å². The molecule has 5 nitrogen and oxygen atoms in total. The molecule has 1 aromatic carbocycles. The van der Waals surface area contributed by atoms with Gasteiger partial charge in [-0.3, -0.25) is 5.21 Å². The summed E-state index contributed by atoms with van der Waals surface area (Å²) in [5.74, 6) is 4.58. The lowest BCUT2D eigenvalue weighted by atomic mass is 9.47. The maximum absolute atomic E-state index is 12.8. The number of fused-ring (bicyclic) bond motifs is 5. The van der Waals surface area contributed by atoms with E-state index in [1.54, 1.807) is 0 Å². The average Bonchev–Trinajstić information content (AvgIpc) is 3.26. The van der Waals surface area contributed by atoms with Crippen molar-refractivity contribution >= 4 is 11.7 Å². The predicted octanol–water partition coefficient (Wildman–Crippen LogP) is 8.95. The maximum atomic E-state index is 12.8. The van der Waals surface area contributed by atoms with Gasteiger partial charge in [-0.15, -0.1) is 0 Å². The molecule has 5 heteroatoms. The van der Waals surface area contributed by atoms with E-state index in [9.17, 15) is 10.0 Å². The van der Waals surface area contributed by atoms with E-state index in [0.29, 0.717) is 11.0 Å². The number of anilines is 1. The van der Waals surface area contributed by atoms with Gasteiger partial charge in [0.2, 0.25) is 0 Å². The Bertz CT molecular complexity index is 1050. The highest BCUT2D eigenvalue weighted by Gasteiger charge is 2.59. The van der Waals surface area contributed by atoms with Gasteiger partial charge in [-0.25, -0.2) is 4.79 Å². The van der Waals surface area contributed by atoms with Crippen LogP contribution in [-0.4, -0.2) is 17.3 Å². The Labute approximate surface area is 235 Å². The van der Waals surface area contributed by atoms with Crippen LogP contribution < -0.4 is 5.23 Å². The predicted molar refractivity (Wildman–Crippen MR) is 156 cm³/mol. The molecular formula is C34H50NO4-. The van der Waals surface area contributed by atoms with E-state index in [-0.39, 0.29) is 28.4 Å². The fourth-order valence-electron chi connectivity index (χ4n) is 9.70. The monoisotopic (exact) mass is 536 g/mol. The van der Waals surface area contributed by atoms with Crippen LogP contribution in [0.1, 0.15) is 116 Å². The van der Waals surface area contributed by atoms with Crippen LogP contribution in [0.15, 0.2) is 35.9 Å². The van der Waals surface area contributed by atoms with Crippen LogP contribution in [0.3, 0.4) is 0 Å². The van der Waals surface area contributed by atoms with Crippen molar-refractivity contribution in [3.05, 3.63) is 46.7 Å². The normalized spacial score (nSPS) is 36.4. The van der Waals surface area contributed by atoms with E-state index in [2.05, 4.69) is 40.7 Å². The topological polar surface area (TPSA) is 72.8 Å². The van der Waals surface area contributed by atoms with E-state index < -0.39 is 0 Å². The molecule has 1 aromatic rings. The van der Waals surface area contributed by atoms with Crippen LogP contribution in [0.4, 0.5) is 5.69 Å². The number of rotatable bonds is 8. The molecule has 0 saturated heterocycles. The van der Waals surface area contributed by atoms with Gasteiger partial charge in [-0.1, -0.05) is 65.5 Å². The fraction of sp³-hybridized carbons (Fsp3) is 0.735. The first-order valence-corrected chi connectivity index (χ1v) is 15.7. The van der Waals surface area contributed by atoms with Crippen LogP contribution in [0.5, 0.6) is 0 Å². The fourth-order valence-corrected chi connectivity index (χ4v) is 9.70. The minimum atomic E-state index is -0.354. The van der Waals surface area contributed by atoms with Crippen molar-refractivity contribution in [3.8, 4) is 0 Å². The molecule has 4 aliphatic rings. The summed E-state index contributed by atoms with van der Waals surface area (Å²) in [5.41, 5.74) is 2.76. The number of hydrogen-bond donors (Lipinski definition) is 1. The van der Waals surface area contributed by atoms with Crippen LogP contribution in [0.2, 0.25) is 0 Å². The number of esters is 1. The highest BCUT2D eigenvalue weighted by atomic mass is 16.8. The summed E-state index contributed by atoms with van der Waals surface area (Å²) in [6, 6.07) is 5.94. The minimum Gasteiger partial charge on any atom is -0.733 e. The lowest BCUT2D eigenvalue weighted by Gasteiger charge is -2.58. The van der Waals surface area contributed by atoms with Gasteiger partial charge in [-0.2, -0.15) is 0 Å². The second-order valence-electron chi connectivity index (χ2n) is 14.4. The van der Waals surface area contributed by atoms with Gasteiger partial charge in [0, 0.05) is 6.42 Å². The molecule has 1 N–H and O–H groups in total. The number of ether oxygens (including phenoxy) is 1. The molecule has 216 valence electrons. The van der Waals surface area contributed by atoms with Gasteiger partial charge < -0.3 is 15.2 Å². The number of allylic oxidation sites excluding steroid dienone is 1. The summed E-state index contributed by atoms with van der Waals surface area (Å²) in [7, 11) is 0. The molecule has 0 aliphatic heterocycles. The second kappa shape index (κ2) is 11.2. The lowest BCUT2D eigenvalue weighted by molar-refractivity contribution is -0.0594. The quantitative estimate of drug-likeness (QED) is 0.204. The molecule has 3 saturated carbocycles. The number of nitrogens with zero attached hydrogens (tertiary/aromatic N) is 1. The first-order chi connectivity index (χ1) is 18.5. The molecule has 0 spiro atoms. The minimum absolute atomic E-state index is 0.0969. The van der Waals surface area contributed by atoms with E-state index in [4.69, 9.17) is 9.94 Å². The smallest absolute Gasteiger partial charge is 0.338 e. The molecule has 3 fully saturated rings. The first kappa shape index (κ1) is 28.7. The Morgan fingerprint density at radius 3 is 2.49 bits per heavy atom. The van der Waals surface area contributed by atoms with E-state index in [0.717, 1.165) is 54.8 Å². The molecule has 0 amide bonds. The third kappa shape index (κ3) is 5.43. The zero-order chi connectivity index (χ0) is 27.9.